The summed E-state index contributed by atoms with van der Waals surface area (Å²) in [6, 6.07) is 7.16. The maximum atomic E-state index is 5.29. The highest BCUT2D eigenvalue weighted by Crippen LogP contribution is 2.31. The lowest BCUT2D eigenvalue weighted by Gasteiger charge is -2.13. The quantitative estimate of drug-likeness (QED) is 0.905. The van der Waals surface area contributed by atoms with Gasteiger partial charge in [0.1, 0.15) is 11.6 Å². The summed E-state index contributed by atoms with van der Waals surface area (Å²) in [5.74, 6) is 2.87. The Bertz CT molecular complexity index is 684. The number of nitrogens with zero attached hydrogens (tertiary/aromatic N) is 3. The largest absolute Gasteiger partial charge is 0.496 e. The first kappa shape index (κ1) is 13.3. The van der Waals surface area contributed by atoms with Crippen LogP contribution in [0.15, 0.2) is 22.7 Å². The summed E-state index contributed by atoms with van der Waals surface area (Å²) in [7, 11) is 1.67. The molecule has 0 amide bonds. The first-order valence-corrected chi connectivity index (χ1v) is 8.06. The molecular weight excluding hydrogens is 332 g/mol. The number of benzene rings is 1. The van der Waals surface area contributed by atoms with Gasteiger partial charge in [-0.15, -0.1) is 10.2 Å². The molecule has 2 unspecified atom stereocenters. The number of rotatable bonds is 2. The fourth-order valence-corrected chi connectivity index (χ4v) is 3.89. The third-order valence-electron chi connectivity index (χ3n) is 4.40. The molecule has 2 aliphatic heterocycles. The van der Waals surface area contributed by atoms with E-state index >= 15 is 0 Å². The van der Waals surface area contributed by atoms with E-state index in [1.165, 1.54) is 12.8 Å². The van der Waals surface area contributed by atoms with Crippen molar-refractivity contribution in [2.75, 3.05) is 7.11 Å². The molecule has 0 spiro atoms. The van der Waals surface area contributed by atoms with Crippen LogP contribution in [0.25, 0.3) is 11.4 Å². The molecule has 2 aliphatic rings. The minimum atomic E-state index is 0.549. The van der Waals surface area contributed by atoms with E-state index in [1.54, 1.807) is 7.11 Å². The lowest BCUT2D eigenvalue weighted by molar-refractivity contribution is 0.412. The Morgan fingerprint density at radius 3 is 2.95 bits per heavy atom. The molecule has 1 fully saturated rings. The molecule has 3 heterocycles. The second-order valence-electron chi connectivity index (χ2n) is 5.74. The topological polar surface area (TPSA) is 52.0 Å². The highest BCUT2D eigenvalue weighted by Gasteiger charge is 2.31. The number of methoxy groups -OCH3 is 1. The van der Waals surface area contributed by atoms with Gasteiger partial charge >= 0.3 is 0 Å². The van der Waals surface area contributed by atoms with E-state index in [4.69, 9.17) is 4.74 Å². The van der Waals surface area contributed by atoms with Gasteiger partial charge in [0, 0.05) is 30.6 Å². The van der Waals surface area contributed by atoms with Crippen molar-refractivity contribution in [1.29, 1.82) is 0 Å². The van der Waals surface area contributed by atoms with Crippen LogP contribution in [-0.4, -0.2) is 34.0 Å². The zero-order chi connectivity index (χ0) is 14.4. The molecule has 2 atom stereocenters. The maximum Gasteiger partial charge on any atom is 0.164 e. The van der Waals surface area contributed by atoms with Gasteiger partial charge in [0.2, 0.25) is 0 Å². The molecule has 110 valence electrons. The van der Waals surface area contributed by atoms with Crippen LogP contribution in [-0.2, 0) is 13.0 Å². The molecule has 6 heteroatoms. The molecule has 0 aliphatic carbocycles. The Hall–Kier alpha value is -1.40. The van der Waals surface area contributed by atoms with E-state index < -0.39 is 0 Å². The van der Waals surface area contributed by atoms with Gasteiger partial charge in [-0.3, -0.25) is 0 Å². The molecule has 2 aromatic rings. The van der Waals surface area contributed by atoms with Gasteiger partial charge in [0.25, 0.3) is 0 Å². The molecule has 1 saturated heterocycles. The summed E-state index contributed by atoms with van der Waals surface area (Å²) < 4.78 is 8.50. The van der Waals surface area contributed by atoms with Gasteiger partial charge in [-0.1, -0.05) is 0 Å². The van der Waals surface area contributed by atoms with E-state index in [9.17, 15) is 0 Å². The highest BCUT2D eigenvalue weighted by atomic mass is 79.9. The van der Waals surface area contributed by atoms with Crippen molar-refractivity contribution in [3.8, 4) is 17.1 Å². The zero-order valence-corrected chi connectivity index (χ0v) is 13.4. The summed E-state index contributed by atoms with van der Waals surface area (Å²) in [5.41, 5.74) is 1.07. The van der Waals surface area contributed by atoms with Crippen molar-refractivity contribution in [3.05, 3.63) is 28.5 Å². The van der Waals surface area contributed by atoms with Crippen LogP contribution >= 0.6 is 15.9 Å². The van der Waals surface area contributed by atoms with Gasteiger partial charge in [-0.25, -0.2) is 0 Å². The molecule has 21 heavy (non-hydrogen) atoms. The SMILES string of the molecule is COc1ccc(-c2nnc3n2CC2CCC(C3)N2)cc1Br. The molecule has 5 nitrogen and oxygen atoms in total. The zero-order valence-electron chi connectivity index (χ0n) is 11.8. The molecule has 2 bridgehead atoms. The highest BCUT2D eigenvalue weighted by molar-refractivity contribution is 9.10. The predicted octanol–water partition coefficient (Wildman–Crippen LogP) is 2.39. The average molecular weight is 349 g/mol. The molecule has 1 aromatic carbocycles. The fourth-order valence-electron chi connectivity index (χ4n) is 3.35. The Morgan fingerprint density at radius 1 is 1.29 bits per heavy atom. The Morgan fingerprint density at radius 2 is 2.14 bits per heavy atom. The third-order valence-corrected chi connectivity index (χ3v) is 5.02. The van der Waals surface area contributed by atoms with Crippen LogP contribution in [0.1, 0.15) is 18.7 Å². The van der Waals surface area contributed by atoms with Crippen LogP contribution in [0.4, 0.5) is 0 Å². The first-order valence-electron chi connectivity index (χ1n) is 7.26. The predicted molar refractivity (Wildman–Crippen MR) is 83.4 cm³/mol. The Labute approximate surface area is 131 Å². The minimum Gasteiger partial charge on any atom is -0.496 e. The number of fused-ring (bicyclic) bond motifs is 3. The third kappa shape index (κ3) is 2.26. The lowest BCUT2D eigenvalue weighted by Crippen LogP contribution is -2.30. The van der Waals surface area contributed by atoms with E-state index in [2.05, 4.69) is 36.0 Å². The lowest BCUT2D eigenvalue weighted by atomic mass is 10.1. The Kier molecular flexibility index (Phi) is 3.23. The minimum absolute atomic E-state index is 0.549. The number of hydrogen-bond donors (Lipinski definition) is 1. The molecular formula is C15H17BrN4O. The number of halogens is 1. The van der Waals surface area contributed by atoms with Crippen LogP contribution in [0.3, 0.4) is 0 Å². The van der Waals surface area contributed by atoms with Gasteiger partial charge < -0.3 is 14.6 Å². The molecule has 1 aromatic heterocycles. The normalized spacial score (nSPS) is 23.7. The number of ether oxygens (including phenoxy) is 1. The second kappa shape index (κ2) is 5.10. The van der Waals surface area contributed by atoms with Gasteiger partial charge in [0.15, 0.2) is 5.82 Å². The summed E-state index contributed by atoms with van der Waals surface area (Å²) in [5, 5.41) is 12.5. The summed E-state index contributed by atoms with van der Waals surface area (Å²) in [6.45, 7) is 0.956. The summed E-state index contributed by atoms with van der Waals surface area (Å²) >= 11 is 3.54. The fraction of sp³-hybridized carbons (Fsp3) is 0.467. The molecule has 1 N–H and O–H groups in total. The van der Waals surface area contributed by atoms with Crippen molar-refractivity contribution in [2.45, 2.75) is 37.9 Å². The van der Waals surface area contributed by atoms with Crippen molar-refractivity contribution >= 4 is 15.9 Å². The van der Waals surface area contributed by atoms with E-state index in [-0.39, 0.29) is 0 Å². The van der Waals surface area contributed by atoms with E-state index in [0.717, 1.165) is 40.4 Å². The van der Waals surface area contributed by atoms with Crippen LogP contribution in [0.2, 0.25) is 0 Å². The summed E-state index contributed by atoms with van der Waals surface area (Å²) in [4.78, 5) is 0. The number of nitrogens with one attached hydrogen (secondary N) is 1. The maximum absolute atomic E-state index is 5.29. The average Bonchev–Trinajstić information content (AvgIpc) is 3.02. The van der Waals surface area contributed by atoms with Crippen LogP contribution in [0, 0.1) is 0 Å². The second-order valence-corrected chi connectivity index (χ2v) is 6.60. The van der Waals surface area contributed by atoms with Crippen molar-refractivity contribution in [2.24, 2.45) is 0 Å². The molecule has 0 saturated carbocycles. The van der Waals surface area contributed by atoms with Crippen molar-refractivity contribution in [3.63, 3.8) is 0 Å². The first-order chi connectivity index (χ1) is 10.2. The number of aromatic nitrogens is 3. The van der Waals surface area contributed by atoms with Gasteiger partial charge in [-0.05, 0) is 47.0 Å². The summed E-state index contributed by atoms with van der Waals surface area (Å²) in [6.07, 6.45) is 3.47. The number of hydrogen-bond acceptors (Lipinski definition) is 4. The molecule has 0 radical (unpaired) electrons. The smallest absolute Gasteiger partial charge is 0.164 e. The van der Waals surface area contributed by atoms with Crippen molar-refractivity contribution < 1.29 is 4.74 Å². The van der Waals surface area contributed by atoms with Gasteiger partial charge in [0.05, 0.1) is 11.6 Å². The Balaban J connectivity index is 1.75. The van der Waals surface area contributed by atoms with Crippen LogP contribution in [0.5, 0.6) is 5.75 Å². The van der Waals surface area contributed by atoms with E-state index in [0.29, 0.717) is 12.1 Å². The van der Waals surface area contributed by atoms with Crippen LogP contribution < -0.4 is 10.1 Å². The monoisotopic (exact) mass is 348 g/mol. The van der Waals surface area contributed by atoms with E-state index in [1.807, 2.05) is 18.2 Å². The standard InChI is InChI=1S/C15H17BrN4O/c1-21-13-5-2-9(6-12(13)16)15-19-18-14-7-10-3-4-11(17-10)8-20(14)15/h2,5-6,10-11,17H,3-4,7-8H2,1H3. The molecule has 4 rings (SSSR count). The van der Waals surface area contributed by atoms with Gasteiger partial charge in [-0.2, -0.15) is 0 Å². The van der Waals surface area contributed by atoms with Crippen molar-refractivity contribution in [1.82, 2.24) is 20.1 Å².